The van der Waals surface area contributed by atoms with Crippen molar-refractivity contribution in [2.75, 3.05) is 31.1 Å². The highest BCUT2D eigenvalue weighted by molar-refractivity contribution is 7.22. The van der Waals surface area contributed by atoms with Gasteiger partial charge in [0.2, 0.25) is 0 Å². The number of aromatic nitrogens is 1. The third kappa shape index (κ3) is 4.74. The largest absolute Gasteiger partial charge is 0.302 e. The number of likely N-dealkylation sites (N-methyl/N-ethyl adjacent to an activating group) is 1. The predicted octanol–water partition coefficient (Wildman–Crippen LogP) is 6.17. The number of benzene rings is 3. The van der Waals surface area contributed by atoms with Crippen molar-refractivity contribution in [3.05, 3.63) is 71.8 Å². The Morgan fingerprint density at radius 2 is 1.65 bits per heavy atom. The van der Waals surface area contributed by atoms with Crippen LogP contribution in [-0.4, -0.2) is 42.0 Å². The van der Waals surface area contributed by atoms with E-state index in [1.165, 1.54) is 0 Å². The van der Waals surface area contributed by atoms with Crippen LogP contribution < -0.4 is 4.90 Å². The van der Waals surface area contributed by atoms with Crippen molar-refractivity contribution in [3.8, 4) is 0 Å². The van der Waals surface area contributed by atoms with Gasteiger partial charge >= 0.3 is 0 Å². The van der Waals surface area contributed by atoms with Gasteiger partial charge in [-0.25, -0.2) is 4.98 Å². The summed E-state index contributed by atoms with van der Waals surface area (Å²) in [4.78, 5) is 22.9. The van der Waals surface area contributed by atoms with Gasteiger partial charge in [0.15, 0.2) is 5.13 Å². The maximum atomic E-state index is 13.8. The Labute approximate surface area is 193 Å². The Kier molecular flexibility index (Phi) is 7.65. The number of amides is 1. The van der Waals surface area contributed by atoms with Gasteiger partial charge in [0.1, 0.15) is 0 Å². The first-order valence-corrected chi connectivity index (χ1v) is 11.3. The van der Waals surface area contributed by atoms with Crippen LogP contribution in [0.4, 0.5) is 5.13 Å². The fourth-order valence-electron chi connectivity index (χ4n) is 3.81. The number of hydrogen-bond donors (Lipinski definition) is 0. The van der Waals surface area contributed by atoms with E-state index in [4.69, 9.17) is 4.98 Å². The minimum atomic E-state index is 0. The molecule has 0 spiro atoms. The monoisotopic (exact) mass is 453 g/mol. The molecule has 1 heterocycles. The maximum absolute atomic E-state index is 13.8. The van der Waals surface area contributed by atoms with E-state index in [2.05, 4.69) is 37.8 Å². The fourth-order valence-corrected chi connectivity index (χ4v) is 4.88. The van der Waals surface area contributed by atoms with Gasteiger partial charge in [0, 0.05) is 18.7 Å². The van der Waals surface area contributed by atoms with Crippen LogP contribution in [-0.2, 0) is 0 Å². The molecule has 0 atom stereocenters. The zero-order valence-electron chi connectivity index (χ0n) is 18.2. The number of anilines is 1. The Balaban J connectivity index is 0.00000272. The molecule has 0 unspecified atom stereocenters. The van der Waals surface area contributed by atoms with Gasteiger partial charge in [-0.15, -0.1) is 12.4 Å². The highest BCUT2D eigenvalue weighted by Gasteiger charge is 2.23. The predicted molar refractivity (Wildman–Crippen MR) is 135 cm³/mol. The minimum Gasteiger partial charge on any atom is -0.302 e. The van der Waals surface area contributed by atoms with E-state index in [9.17, 15) is 4.79 Å². The van der Waals surface area contributed by atoms with Gasteiger partial charge in [-0.1, -0.05) is 73.7 Å². The van der Waals surface area contributed by atoms with Crippen LogP contribution in [0.2, 0.25) is 0 Å². The number of halogens is 1. The molecule has 0 saturated heterocycles. The Hall–Kier alpha value is -2.47. The van der Waals surface area contributed by atoms with Crippen molar-refractivity contribution in [1.29, 1.82) is 0 Å². The summed E-state index contributed by atoms with van der Waals surface area (Å²) in [5.41, 5.74) is 2.84. The van der Waals surface area contributed by atoms with E-state index in [0.29, 0.717) is 6.54 Å². The van der Waals surface area contributed by atoms with Gasteiger partial charge in [0.05, 0.1) is 10.2 Å². The number of fused-ring (bicyclic) bond motifs is 2. The molecule has 6 heteroatoms. The highest BCUT2D eigenvalue weighted by Crippen LogP contribution is 2.32. The second-order valence-corrected chi connectivity index (χ2v) is 8.44. The molecule has 0 radical (unpaired) electrons. The molecule has 4 aromatic rings. The number of carbonyl (C=O) groups excluding carboxylic acids is 1. The van der Waals surface area contributed by atoms with Crippen LogP contribution in [0.5, 0.6) is 0 Å². The Morgan fingerprint density at radius 3 is 2.39 bits per heavy atom. The molecule has 0 bridgehead atoms. The molecule has 1 amide bonds. The van der Waals surface area contributed by atoms with Crippen molar-refractivity contribution in [2.45, 2.75) is 20.8 Å². The smallest absolute Gasteiger partial charge is 0.260 e. The lowest BCUT2D eigenvalue weighted by Crippen LogP contribution is -2.39. The molecule has 0 aliphatic heterocycles. The van der Waals surface area contributed by atoms with Gasteiger partial charge in [0.25, 0.3) is 5.91 Å². The molecular formula is C25H28ClN3OS. The zero-order chi connectivity index (χ0) is 21.1. The van der Waals surface area contributed by atoms with E-state index < -0.39 is 0 Å². The van der Waals surface area contributed by atoms with E-state index in [1.54, 1.807) is 11.3 Å². The number of thiazole rings is 1. The Morgan fingerprint density at radius 1 is 0.935 bits per heavy atom. The molecule has 1 aromatic heterocycles. The average Bonchev–Trinajstić information content (AvgIpc) is 3.21. The van der Waals surface area contributed by atoms with Crippen LogP contribution >= 0.6 is 23.7 Å². The van der Waals surface area contributed by atoms with Crippen molar-refractivity contribution in [1.82, 2.24) is 9.88 Å². The van der Waals surface area contributed by atoms with Crippen LogP contribution in [0.15, 0.2) is 60.7 Å². The zero-order valence-corrected chi connectivity index (χ0v) is 19.8. The van der Waals surface area contributed by atoms with Crippen molar-refractivity contribution >= 4 is 55.8 Å². The van der Waals surface area contributed by atoms with Gasteiger partial charge < -0.3 is 4.90 Å². The molecule has 0 aliphatic carbocycles. The van der Waals surface area contributed by atoms with Gasteiger partial charge in [-0.2, -0.15) is 0 Å². The third-order valence-electron chi connectivity index (χ3n) is 5.64. The first-order valence-electron chi connectivity index (χ1n) is 10.5. The summed E-state index contributed by atoms with van der Waals surface area (Å²) in [7, 11) is 0. The summed E-state index contributed by atoms with van der Waals surface area (Å²) in [6.45, 7) is 9.74. The van der Waals surface area contributed by atoms with Crippen molar-refractivity contribution in [2.24, 2.45) is 0 Å². The number of aryl methyl sites for hydroxylation is 1. The lowest BCUT2D eigenvalue weighted by atomic mass is 10.0. The first kappa shape index (κ1) is 23.2. The van der Waals surface area contributed by atoms with E-state index in [0.717, 1.165) is 56.9 Å². The molecule has 31 heavy (non-hydrogen) atoms. The number of nitrogens with zero attached hydrogens (tertiary/aromatic N) is 3. The summed E-state index contributed by atoms with van der Waals surface area (Å²) >= 11 is 1.59. The maximum Gasteiger partial charge on any atom is 0.260 e. The molecule has 0 saturated carbocycles. The van der Waals surface area contributed by atoms with Crippen LogP contribution in [0.25, 0.3) is 21.0 Å². The van der Waals surface area contributed by atoms with E-state index in [-0.39, 0.29) is 18.3 Å². The summed E-state index contributed by atoms with van der Waals surface area (Å²) in [5.74, 6) is 0.00988. The summed E-state index contributed by atoms with van der Waals surface area (Å²) in [6, 6.07) is 20.2. The number of para-hydroxylation sites is 1. The lowest BCUT2D eigenvalue weighted by Gasteiger charge is -2.25. The molecule has 0 fully saturated rings. The summed E-state index contributed by atoms with van der Waals surface area (Å²) in [6.07, 6.45) is 0. The van der Waals surface area contributed by atoms with Gasteiger partial charge in [-0.3, -0.25) is 9.69 Å². The second kappa shape index (κ2) is 10.2. The van der Waals surface area contributed by atoms with Crippen molar-refractivity contribution in [3.63, 3.8) is 0 Å². The average molecular weight is 454 g/mol. The number of carbonyl (C=O) groups is 1. The molecule has 0 N–H and O–H groups in total. The molecule has 4 nitrogen and oxygen atoms in total. The van der Waals surface area contributed by atoms with E-state index in [1.807, 2.05) is 53.4 Å². The quantitative estimate of drug-likeness (QED) is 0.336. The fraction of sp³-hybridized carbons (Fsp3) is 0.280. The summed E-state index contributed by atoms with van der Waals surface area (Å²) < 4.78 is 1.11. The molecule has 4 rings (SSSR count). The van der Waals surface area contributed by atoms with Crippen LogP contribution in [0, 0.1) is 6.92 Å². The summed E-state index contributed by atoms with van der Waals surface area (Å²) in [5, 5.41) is 2.83. The Bertz CT molecular complexity index is 1180. The standard InChI is InChI=1S/C25H27N3OS.ClH/c1-4-27(5-2)16-17-28(25-26-23-18(3)10-8-15-22(23)30-25)24(29)21-14-9-12-19-11-6-7-13-20(19)21;/h6-15H,4-5,16-17H2,1-3H3;1H. The van der Waals surface area contributed by atoms with Crippen LogP contribution in [0.3, 0.4) is 0 Å². The molecular weight excluding hydrogens is 426 g/mol. The molecule has 3 aromatic carbocycles. The number of rotatable bonds is 7. The normalized spacial score (nSPS) is 11.1. The van der Waals surface area contributed by atoms with Crippen LogP contribution in [0.1, 0.15) is 29.8 Å². The van der Waals surface area contributed by atoms with Gasteiger partial charge in [-0.05, 0) is 48.5 Å². The SMILES string of the molecule is CCN(CC)CCN(C(=O)c1cccc2ccccc12)c1nc2c(C)cccc2s1.Cl. The molecule has 0 aliphatic rings. The molecule has 162 valence electrons. The van der Waals surface area contributed by atoms with Crippen molar-refractivity contribution < 1.29 is 4.79 Å². The highest BCUT2D eigenvalue weighted by atomic mass is 35.5. The third-order valence-corrected chi connectivity index (χ3v) is 6.68. The number of hydrogen-bond acceptors (Lipinski definition) is 4. The van der Waals surface area contributed by atoms with E-state index >= 15 is 0 Å². The lowest BCUT2D eigenvalue weighted by molar-refractivity contribution is 0.0985. The minimum absolute atomic E-state index is 0. The topological polar surface area (TPSA) is 36.4 Å². The first-order chi connectivity index (χ1) is 14.6. The second-order valence-electron chi connectivity index (χ2n) is 7.43.